The van der Waals surface area contributed by atoms with E-state index in [2.05, 4.69) is 26.7 Å². The number of anilines is 2. The summed E-state index contributed by atoms with van der Waals surface area (Å²) in [6.45, 7) is 0. The van der Waals surface area contributed by atoms with Crippen LogP contribution in [0.2, 0.25) is 0 Å². The summed E-state index contributed by atoms with van der Waals surface area (Å²) >= 11 is 8.86. The number of carbonyl (C=O) groups excluding carboxylic acids is 3. The van der Waals surface area contributed by atoms with E-state index < -0.39 is 29.6 Å². The summed E-state index contributed by atoms with van der Waals surface area (Å²) in [4.78, 5) is 40.4. The molecule has 1 fully saturated rings. The zero-order chi connectivity index (χ0) is 25.8. The van der Waals surface area contributed by atoms with Crippen LogP contribution in [0.3, 0.4) is 0 Å². The van der Waals surface area contributed by atoms with Crippen molar-refractivity contribution in [2.24, 2.45) is 0 Å². The number of halogens is 2. The number of ether oxygens (including phenoxy) is 1. The molecule has 1 saturated heterocycles. The van der Waals surface area contributed by atoms with Crippen molar-refractivity contribution in [3.8, 4) is 5.75 Å². The molecule has 8 nitrogen and oxygen atoms in total. The second-order valence-electron chi connectivity index (χ2n) is 7.72. The fourth-order valence-corrected chi connectivity index (χ4v) is 4.22. The van der Waals surface area contributed by atoms with Crippen LogP contribution in [0.5, 0.6) is 5.75 Å². The SMILES string of the molecule is COc1ccc(N2C(=O)C(CC(=O)Nc3ccccc3F)N(NC(=O)c3ccc(Br)cc3)C2=S)cc1. The van der Waals surface area contributed by atoms with Crippen LogP contribution in [0.25, 0.3) is 0 Å². The molecule has 0 aromatic heterocycles. The number of benzene rings is 3. The normalized spacial score (nSPS) is 15.1. The molecule has 0 saturated carbocycles. The van der Waals surface area contributed by atoms with E-state index in [1.165, 1.54) is 35.2 Å². The van der Waals surface area contributed by atoms with Crippen molar-refractivity contribution < 1.29 is 23.5 Å². The summed E-state index contributed by atoms with van der Waals surface area (Å²) in [6, 6.07) is 17.7. The first kappa shape index (κ1) is 25.3. The summed E-state index contributed by atoms with van der Waals surface area (Å²) in [5, 5.41) is 3.64. The molecule has 11 heteroatoms. The van der Waals surface area contributed by atoms with Crippen molar-refractivity contribution in [3.63, 3.8) is 0 Å². The second kappa shape index (κ2) is 10.8. The number of amides is 3. The molecule has 4 rings (SSSR count). The number of hydrogen-bond acceptors (Lipinski definition) is 5. The molecule has 0 bridgehead atoms. The molecule has 1 aliphatic rings. The Morgan fingerprint density at radius 3 is 2.36 bits per heavy atom. The minimum absolute atomic E-state index is 0.0145. The molecular weight excluding hydrogens is 551 g/mol. The fourth-order valence-electron chi connectivity index (χ4n) is 3.58. The minimum atomic E-state index is -1.16. The van der Waals surface area contributed by atoms with Gasteiger partial charge in [0.05, 0.1) is 24.9 Å². The van der Waals surface area contributed by atoms with Gasteiger partial charge in [0.15, 0.2) is 0 Å². The lowest BCUT2D eigenvalue weighted by atomic mass is 10.1. The summed E-state index contributed by atoms with van der Waals surface area (Å²) in [5.41, 5.74) is 3.38. The second-order valence-corrected chi connectivity index (χ2v) is 9.00. The summed E-state index contributed by atoms with van der Waals surface area (Å²) in [7, 11) is 1.52. The zero-order valence-electron chi connectivity index (χ0n) is 18.9. The van der Waals surface area contributed by atoms with Gasteiger partial charge in [-0.2, -0.15) is 0 Å². The van der Waals surface area contributed by atoms with Crippen molar-refractivity contribution >= 4 is 62.4 Å². The molecule has 2 N–H and O–H groups in total. The predicted octanol–water partition coefficient (Wildman–Crippen LogP) is 4.27. The van der Waals surface area contributed by atoms with Crippen molar-refractivity contribution in [3.05, 3.63) is 88.6 Å². The van der Waals surface area contributed by atoms with Crippen molar-refractivity contribution in [2.45, 2.75) is 12.5 Å². The van der Waals surface area contributed by atoms with E-state index in [1.54, 1.807) is 54.6 Å². The van der Waals surface area contributed by atoms with E-state index in [0.29, 0.717) is 17.0 Å². The van der Waals surface area contributed by atoms with Crippen LogP contribution in [0.4, 0.5) is 15.8 Å². The van der Waals surface area contributed by atoms with Gasteiger partial charge in [0.1, 0.15) is 17.6 Å². The predicted molar refractivity (Wildman–Crippen MR) is 140 cm³/mol. The third-order valence-electron chi connectivity index (χ3n) is 5.40. The molecule has 1 unspecified atom stereocenters. The number of carbonyl (C=O) groups is 3. The standard InChI is InChI=1S/C25H20BrFN4O4S/c1-35-18-12-10-17(11-13-18)30-24(34)21(14-22(32)28-20-5-3-2-4-19(20)27)31(25(30)36)29-23(33)15-6-8-16(26)9-7-15/h2-13,21H,14H2,1H3,(H,28,32)(H,29,33). The number of thiocarbonyl (C=S) groups is 1. The highest BCUT2D eigenvalue weighted by atomic mass is 79.9. The molecule has 1 heterocycles. The Morgan fingerprint density at radius 1 is 1.06 bits per heavy atom. The average molecular weight is 571 g/mol. The summed E-state index contributed by atoms with van der Waals surface area (Å²) in [5.74, 6) is -1.70. The van der Waals surface area contributed by atoms with Crippen LogP contribution < -0.4 is 20.4 Å². The molecule has 0 aliphatic carbocycles. The highest BCUT2D eigenvalue weighted by Gasteiger charge is 2.45. The first-order chi connectivity index (χ1) is 17.3. The van der Waals surface area contributed by atoms with Gasteiger partial charge in [-0.15, -0.1) is 0 Å². The third-order valence-corrected chi connectivity index (χ3v) is 6.31. The largest absolute Gasteiger partial charge is 0.497 e. The number of methoxy groups -OCH3 is 1. The number of nitrogens with zero attached hydrogens (tertiary/aromatic N) is 2. The van der Waals surface area contributed by atoms with Crippen molar-refractivity contribution in [1.29, 1.82) is 0 Å². The minimum Gasteiger partial charge on any atom is -0.497 e. The van der Waals surface area contributed by atoms with Gasteiger partial charge in [-0.1, -0.05) is 28.1 Å². The van der Waals surface area contributed by atoms with Crippen LogP contribution in [-0.4, -0.2) is 41.0 Å². The Morgan fingerprint density at radius 2 is 1.72 bits per heavy atom. The van der Waals surface area contributed by atoms with Crippen LogP contribution in [0, 0.1) is 5.82 Å². The van der Waals surface area contributed by atoms with E-state index in [4.69, 9.17) is 17.0 Å². The Balaban J connectivity index is 1.61. The van der Waals surface area contributed by atoms with Crippen molar-refractivity contribution in [2.75, 3.05) is 17.3 Å². The van der Waals surface area contributed by atoms with Gasteiger partial charge in [0.25, 0.3) is 11.8 Å². The molecule has 36 heavy (non-hydrogen) atoms. The number of nitrogens with one attached hydrogen (secondary N) is 2. The first-order valence-corrected chi connectivity index (χ1v) is 11.9. The Bertz CT molecular complexity index is 1320. The van der Waals surface area contributed by atoms with Gasteiger partial charge < -0.3 is 10.1 Å². The maximum absolute atomic E-state index is 14.0. The average Bonchev–Trinajstić information content (AvgIpc) is 3.09. The molecule has 0 spiro atoms. The topological polar surface area (TPSA) is 91.0 Å². The molecule has 3 aromatic carbocycles. The number of rotatable bonds is 7. The maximum Gasteiger partial charge on any atom is 0.269 e. The molecule has 0 radical (unpaired) electrons. The molecular formula is C25H20BrFN4O4S. The highest BCUT2D eigenvalue weighted by Crippen LogP contribution is 2.28. The Hall–Kier alpha value is -3.83. The molecule has 3 amide bonds. The van der Waals surface area contributed by atoms with Gasteiger partial charge in [-0.3, -0.25) is 24.7 Å². The Labute approximate surface area is 220 Å². The van der Waals surface area contributed by atoms with Crippen LogP contribution in [-0.2, 0) is 9.59 Å². The molecule has 1 atom stereocenters. The van der Waals surface area contributed by atoms with E-state index in [-0.39, 0.29) is 17.2 Å². The summed E-state index contributed by atoms with van der Waals surface area (Å²) < 4.78 is 20.0. The lowest BCUT2D eigenvalue weighted by molar-refractivity contribution is -0.124. The van der Waals surface area contributed by atoms with E-state index in [0.717, 1.165) is 4.47 Å². The number of para-hydroxylation sites is 1. The van der Waals surface area contributed by atoms with Gasteiger partial charge in [0.2, 0.25) is 11.0 Å². The van der Waals surface area contributed by atoms with Crippen LogP contribution in [0.1, 0.15) is 16.8 Å². The first-order valence-electron chi connectivity index (χ1n) is 10.7. The monoisotopic (exact) mass is 570 g/mol. The quantitative estimate of drug-likeness (QED) is 0.412. The van der Waals surface area contributed by atoms with E-state index in [1.807, 2.05) is 0 Å². The van der Waals surface area contributed by atoms with Gasteiger partial charge in [0, 0.05) is 10.0 Å². The molecule has 3 aromatic rings. The van der Waals surface area contributed by atoms with E-state index >= 15 is 0 Å². The molecule has 1 aliphatic heterocycles. The highest BCUT2D eigenvalue weighted by molar-refractivity contribution is 9.10. The lowest BCUT2D eigenvalue weighted by Gasteiger charge is -2.24. The summed E-state index contributed by atoms with van der Waals surface area (Å²) in [6.07, 6.45) is -0.388. The van der Waals surface area contributed by atoms with Gasteiger partial charge in [-0.05, 0) is 72.9 Å². The Kier molecular flexibility index (Phi) is 7.61. The van der Waals surface area contributed by atoms with E-state index in [9.17, 15) is 18.8 Å². The van der Waals surface area contributed by atoms with Crippen LogP contribution in [0.15, 0.2) is 77.3 Å². The number of hydrazine groups is 1. The van der Waals surface area contributed by atoms with Gasteiger partial charge in [-0.25, -0.2) is 9.40 Å². The number of hydrogen-bond donors (Lipinski definition) is 2. The molecule has 184 valence electrons. The smallest absolute Gasteiger partial charge is 0.269 e. The fraction of sp³-hybridized carbons (Fsp3) is 0.120. The van der Waals surface area contributed by atoms with Crippen molar-refractivity contribution in [1.82, 2.24) is 10.4 Å². The zero-order valence-corrected chi connectivity index (χ0v) is 21.3. The van der Waals surface area contributed by atoms with Gasteiger partial charge >= 0.3 is 0 Å². The van der Waals surface area contributed by atoms with Crippen LogP contribution >= 0.6 is 28.1 Å². The third kappa shape index (κ3) is 5.37. The lowest BCUT2D eigenvalue weighted by Crippen LogP contribution is -2.49. The maximum atomic E-state index is 14.0.